The van der Waals surface area contributed by atoms with Crippen molar-refractivity contribution in [1.29, 1.82) is 0 Å². The van der Waals surface area contributed by atoms with Gasteiger partial charge in [0.25, 0.3) is 0 Å². The van der Waals surface area contributed by atoms with Crippen LogP contribution >= 0.6 is 11.3 Å². The van der Waals surface area contributed by atoms with Gasteiger partial charge in [-0.05, 0) is 41.0 Å². The predicted molar refractivity (Wildman–Crippen MR) is 104 cm³/mol. The first-order valence-electron chi connectivity index (χ1n) is 9.01. The van der Waals surface area contributed by atoms with Gasteiger partial charge in [-0.2, -0.15) is 0 Å². The molecule has 0 saturated heterocycles. The van der Waals surface area contributed by atoms with Crippen molar-refractivity contribution in [1.82, 2.24) is 9.47 Å². The molecule has 0 atom stereocenters. The normalized spacial score (nSPS) is 14.3. The molecule has 3 heterocycles. The molecule has 1 amide bonds. The third-order valence-electron chi connectivity index (χ3n) is 4.90. The smallest absolute Gasteiger partial charge is 0.228 e. The van der Waals surface area contributed by atoms with E-state index in [-0.39, 0.29) is 5.91 Å². The van der Waals surface area contributed by atoms with Crippen molar-refractivity contribution in [2.24, 2.45) is 5.92 Å². The van der Waals surface area contributed by atoms with Crippen LogP contribution < -0.4 is 0 Å². The average Bonchev–Trinajstić information content (AvgIpc) is 3.15. The molecule has 3 nitrogen and oxygen atoms in total. The summed E-state index contributed by atoms with van der Waals surface area (Å²) in [6.45, 7) is 7.08. The average molecular weight is 353 g/mol. The van der Waals surface area contributed by atoms with Gasteiger partial charge in [-0.15, -0.1) is 11.3 Å². The van der Waals surface area contributed by atoms with Crippen LogP contribution in [0.25, 0.3) is 10.9 Å². The number of carbonyl (C=O) groups is 1. The van der Waals surface area contributed by atoms with Crippen LogP contribution in [-0.2, 0) is 30.7 Å². The van der Waals surface area contributed by atoms with E-state index in [1.54, 1.807) is 11.3 Å². The molecule has 0 N–H and O–H groups in total. The topological polar surface area (TPSA) is 25.2 Å². The molecule has 130 valence electrons. The Hall–Kier alpha value is -2.07. The number of nitrogens with zero attached hydrogens (tertiary/aromatic N) is 2. The van der Waals surface area contributed by atoms with Gasteiger partial charge < -0.3 is 9.47 Å². The molecule has 1 aliphatic heterocycles. The van der Waals surface area contributed by atoms with Crippen LogP contribution in [0.4, 0.5) is 0 Å². The Morgan fingerprint density at radius 1 is 1.20 bits per heavy atom. The second-order valence-corrected chi connectivity index (χ2v) is 8.37. The van der Waals surface area contributed by atoms with Crippen molar-refractivity contribution in [3.05, 3.63) is 57.9 Å². The molecule has 25 heavy (non-hydrogen) atoms. The summed E-state index contributed by atoms with van der Waals surface area (Å²) in [5, 5.41) is 3.41. The molecule has 0 bridgehead atoms. The highest BCUT2D eigenvalue weighted by Crippen LogP contribution is 2.30. The van der Waals surface area contributed by atoms with Gasteiger partial charge in [0, 0.05) is 41.6 Å². The minimum atomic E-state index is 0.236. The number of hydrogen-bond donors (Lipinski definition) is 0. The fourth-order valence-corrected chi connectivity index (χ4v) is 4.51. The third-order valence-corrected chi connectivity index (χ3v) is 5.78. The fourth-order valence-electron chi connectivity index (χ4n) is 3.81. The molecule has 1 aromatic carbocycles. The Kier molecular flexibility index (Phi) is 4.38. The Bertz CT molecular complexity index is 892. The Morgan fingerprint density at radius 3 is 2.84 bits per heavy atom. The maximum atomic E-state index is 12.8. The summed E-state index contributed by atoms with van der Waals surface area (Å²) in [4.78, 5) is 15.9. The Morgan fingerprint density at radius 2 is 2.08 bits per heavy atom. The number of amides is 1. The number of carbonyl (C=O) groups excluding carboxylic acids is 1. The van der Waals surface area contributed by atoms with Crippen LogP contribution in [-0.4, -0.2) is 21.9 Å². The molecular formula is C21H24N2OS. The second kappa shape index (κ2) is 6.68. The largest absolute Gasteiger partial charge is 0.347 e. The monoisotopic (exact) mass is 352 g/mol. The van der Waals surface area contributed by atoms with Gasteiger partial charge in [0.15, 0.2) is 0 Å². The molecule has 0 spiro atoms. The van der Waals surface area contributed by atoms with Gasteiger partial charge in [-0.1, -0.05) is 32.0 Å². The number of aromatic nitrogens is 1. The van der Waals surface area contributed by atoms with Crippen molar-refractivity contribution >= 4 is 28.1 Å². The first-order chi connectivity index (χ1) is 12.1. The standard InChI is InChI=1S/C21H24N2OS/c1-15(2)12-23-14-17-8-9-22(20(24)11-18-6-4-10-25-18)13-16-5-3-7-19(23)21(16)17/h3-7,10,14-15H,8-9,11-13H2,1-2H3. The molecule has 3 aromatic rings. The predicted octanol–water partition coefficient (Wildman–Crippen LogP) is 4.49. The minimum Gasteiger partial charge on any atom is -0.347 e. The number of hydrogen-bond acceptors (Lipinski definition) is 2. The van der Waals surface area contributed by atoms with E-state index in [2.05, 4.69) is 42.8 Å². The molecule has 0 aliphatic carbocycles. The van der Waals surface area contributed by atoms with E-state index < -0.39 is 0 Å². The van der Waals surface area contributed by atoms with Crippen molar-refractivity contribution in [3.8, 4) is 0 Å². The number of thiophene rings is 1. The van der Waals surface area contributed by atoms with Gasteiger partial charge in [0.05, 0.1) is 6.42 Å². The van der Waals surface area contributed by atoms with Crippen LogP contribution in [0.2, 0.25) is 0 Å². The fraction of sp³-hybridized carbons (Fsp3) is 0.381. The first-order valence-corrected chi connectivity index (χ1v) is 9.89. The molecule has 0 fully saturated rings. The van der Waals surface area contributed by atoms with E-state index in [1.807, 2.05) is 22.4 Å². The Labute approximate surface area is 152 Å². The summed E-state index contributed by atoms with van der Waals surface area (Å²) in [6, 6.07) is 10.6. The van der Waals surface area contributed by atoms with E-state index in [0.29, 0.717) is 12.3 Å². The van der Waals surface area contributed by atoms with E-state index in [0.717, 1.165) is 30.9 Å². The summed E-state index contributed by atoms with van der Waals surface area (Å²) in [6.07, 6.45) is 3.77. The van der Waals surface area contributed by atoms with E-state index >= 15 is 0 Å². The van der Waals surface area contributed by atoms with Crippen LogP contribution in [0.5, 0.6) is 0 Å². The summed E-state index contributed by atoms with van der Waals surface area (Å²) in [5.41, 5.74) is 3.98. The molecule has 0 saturated carbocycles. The molecule has 4 rings (SSSR count). The SMILES string of the molecule is CC(C)Cn1cc2c3c(cccc31)CN(C(=O)Cc1cccs1)CC2. The quantitative estimate of drug-likeness (QED) is 0.679. The Balaban J connectivity index is 1.63. The summed E-state index contributed by atoms with van der Waals surface area (Å²) in [5.74, 6) is 0.860. The highest BCUT2D eigenvalue weighted by atomic mass is 32.1. The molecule has 0 unspecified atom stereocenters. The summed E-state index contributed by atoms with van der Waals surface area (Å²) in [7, 11) is 0. The van der Waals surface area contributed by atoms with Gasteiger partial charge in [-0.25, -0.2) is 0 Å². The lowest BCUT2D eigenvalue weighted by Crippen LogP contribution is -2.32. The minimum absolute atomic E-state index is 0.236. The highest BCUT2D eigenvalue weighted by Gasteiger charge is 2.22. The van der Waals surface area contributed by atoms with Gasteiger partial charge in [-0.3, -0.25) is 4.79 Å². The highest BCUT2D eigenvalue weighted by molar-refractivity contribution is 7.10. The molecule has 1 aliphatic rings. The van der Waals surface area contributed by atoms with E-state index in [1.165, 1.54) is 22.0 Å². The van der Waals surface area contributed by atoms with Crippen LogP contribution in [0.15, 0.2) is 41.9 Å². The summed E-state index contributed by atoms with van der Waals surface area (Å²) < 4.78 is 2.39. The van der Waals surface area contributed by atoms with Crippen molar-refractivity contribution in [2.45, 2.75) is 39.8 Å². The van der Waals surface area contributed by atoms with Crippen LogP contribution in [0, 0.1) is 5.92 Å². The molecule has 2 aromatic heterocycles. The number of benzene rings is 1. The van der Waals surface area contributed by atoms with Crippen LogP contribution in [0.3, 0.4) is 0 Å². The second-order valence-electron chi connectivity index (χ2n) is 7.33. The van der Waals surface area contributed by atoms with Gasteiger partial charge in [0.2, 0.25) is 5.91 Å². The van der Waals surface area contributed by atoms with Crippen molar-refractivity contribution < 1.29 is 4.79 Å². The zero-order chi connectivity index (χ0) is 17.4. The lowest BCUT2D eigenvalue weighted by atomic mass is 10.1. The van der Waals surface area contributed by atoms with Crippen molar-refractivity contribution in [2.75, 3.05) is 6.54 Å². The molecule has 0 radical (unpaired) electrons. The van der Waals surface area contributed by atoms with E-state index in [9.17, 15) is 4.79 Å². The number of rotatable bonds is 4. The lowest BCUT2D eigenvalue weighted by molar-refractivity contribution is -0.130. The van der Waals surface area contributed by atoms with Gasteiger partial charge in [0.1, 0.15) is 0 Å². The summed E-state index contributed by atoms with van der Waals surface area (Å²) >= 11 is 1.66. The molecular weight excluding hydrogens is 328 g/mol. The lowest BCUT2D eigenvalue weighted by Gasteiger charge is -2.21. The zero-order valence-corrected chi connectivity index (χ0v) is 15.7. The maximum absolute atomic E-state index is 12.8. The molecule has 4 heteroatoms. The maximum Gasteiger partial charge on any atom is 0.228 e. The van der Waals surface area contributed by atoms with Gasteiger partial charge >= 0.3 is 0 Å². The van der Waals surface area contributed by atoms with Crippen molar-refractivity contribution in [3.63, 3.8) is 0 Å². The third kappa shape index (κ3) is 3.23. The first kappa shape index (κ1) is 16.4. The zero-order valence-electron chi connectivity index (χ0n) is 14.9. The van der Waals surface area contributed by atoms with E-state index in [4.69, 9.17) is 0 Å². The van der Waals surface area contributed by atoms with Crippen LogP contribution in [0.1, 0.15) is 29.9 Å².